The molecule has 0 heterocycles. The number of rotatable bonds is 5. The smallest absolute Gasteiger partial charge is 0.231 e. The van der Waals surface area contributed by atoms with Crippen molar-refractivity contribution in [1.29, 1.82) is 0 Å². The number of carbonyl (C=O) groups is 2. The molecule has 1 rings (SSSR count). The Morgan fingerprint density at radius 3 is 2.65 bits per heavy atom. The molecule has 0 aliphatic heterocycles. The van der Waals surface area contributed by atoms with Gasteiger partial charge in [0.25, 0.3) is 0 Å². The second kappa shape index (κ2) is 5.40. The van der Waals surface area contributed by atoms with Crippen molar-refractivity contribution in [2.24, 2.45) is 5.73 Å². The highest BCUT2D eigenvalue weighted by atomic mass is 19.1. The molecule has 0 unspecified atom stereocenters. The third-order valence-electron chi connectivity index (χ3n) is 2.10. The van der Waals surface area contributed by atoms with Crippen LogP contribution in [0.25, 0.3) is 0 Å². The number of halogens is 1. The van der Waals surface area contributed by atoms with Crippen molar-refractivity contribution in [3.05, 3.63) is 29.6 Å². The number of amides is 1. The number of Topliss-reactive ketones (excluding diaryl/α,β-unsaturated/α-hetero) is 1. The molecule has 17 heavy (non-hydrogen) atoms. The van der Waals surface area contributed by atoms with E-state index < -0.39 is 17.5 Å². The Balaban J connectivity index is 2.76. The van der Waals surface area contributed by atoms with E-state index in [0.717, 1.165) is 18.2 Å². The fourth-order valence-electron chi connectivity index (χ4n) is 1.38. The van der Waals surface area contributed by atoms with Gasteiger partial charge in [0, 0.05) is 0 Å². The molecule has 92 valence electrons. The summed E-state index contributed by atoms with van der Waals surface area (Å²) in [6.07, 6.45) is 0. The van der Waals surface area contributed by atoms with Gasteiger partial charge in [0.15, 0.2) is 5.78 Å². The average molecular weight is 240 g/mol. The highest BCUT2D eigenvalue weighted by Gasteiger charge is 2.15. The lowest BCUT2D eigenvalue weighted by Crippen LogP contribution is -2.34. The van der Waals surface area contributed by atoms with E-state index in [4.69, 9.17) is 5.73 Å². The highest BCUT2D eigenvalue weighted by molar-refractivity contribution is 6.00. The third kappa shape index (κ3) is 3.84. The SMILES string of the molecule is CN(CC(N)=O)CC(=O)c1cc(F)ccc1O. The predicted octanol–water partition coefficient (Wildman–Crippen LogP) is 0.131. The quantitative estimate of drug-likeness (QED) is 0.716. The van der Waals surface area contributed by atoms with Gasteiger partial charge in [-0.25, -0.2) is 4.39 Å². The van der Waals surface area contributed by atoms with E-state index in [0.29, 0.717) is 0 Å². The zero-order chi connectivity index (χ0) is 13.0. The number of ketones is 1. The maximum Gasteiger partial charge on any atom is 0.231 e. The number of carbonyl (C=O) groups excluding carboxylic acids is 2. The molecule has 0 fully saturated rings. The second-order valence-electron chi connectivity index (χ2n) is 3.72. The van der Waals surface area contributed by atoms with Crippen molar-refractivity contribution < 1.29 is 19.1 Å². The van der Waals surface area contributed by atoms with Gasteiger partial charge in [-0.3, -0.25) is 14.5 Å². The highest BCUT2D eigenvalue weighted by Crippen LogP contribution is 2.18. The fourth-order valence-corrected chi connectivity index (χ4v) is 1.38. The summed E-state index contributed by atoms with van der Waals surface area (Å²) >= 11 is 0. The Bertz CT molecular complexity index is 448. The first-order valence-corrected chi connectivity index (χ1v) is 4.88. The van der Waals surface area contributed by atoms with Crippen LogP contribution in [-0.2, 0) is 4.79 Å². The second-order valence-corrected chi connectivity index (χ2v) is 3.72. The van der Waals surface area contributed by atoms with Gasteiger partial charge in [0.2, 0.25) is 5.91 Å². The zero-order valence-electron chi connectivity index (χ0n) is 9.31. The summed E-state index contributed by atoms with van der Waals surface area (Å²) in [4.78, 5) is 23.7. The molecule has 1 aromatic carbocycles. The maximum absolute atomic E-state index is 12.9. The summed E-state index contributed by atoms with van der Waals surface area (Å²) < 4.78 is 12.9. The number of likely N-dealkylation sites (N-methyl/N-ethyl adjacent to an activating group) is 1. The number of nitrogens with zero attached hydrogens (tertiary/aromatic N) is 1. The van der Waals surface area contributed by atoms with Crippen LogP contribution < -0.4 is 5.73 Å². The first kappa shape index (κ1) is 13.1. The zero-order valence-corrected chi connectivity index (χ0v) is 9.31. The normalized spacial score (nSPS) is 10.5. The molecule has 1 aromatic rings. The van der Waals surface area contributed by atoms with Crippen LogP contribution in [0, 0.1) is 5.82 Å². The number of nitrogens with two attached hydrogens (primary N) is 1. The maximum atomic E-state index is 12.9. The fraction of sp³-hybridized carbons (Fsp3) is 0.273. The molecule has 0 aromatic heterocycles. The van der Waals surface area contributed by atoms with Crippen molar-refractivity contribution >= 4 is 11.7 Å². The Morgan fingerprint density at radius 1 is 1.41 bits per heavy atom. The standard InChI is InChI=1S/C11H13FN2O3/c1-14(6-11(13)17)5-10(16)8-4-7(12)2-3-9(8)15/h2-4,15H,5-6H2,1H3,(H2,13,17). The molecule has 0 atom stereocenters. The lowest BCUT2D eigenvalue weighted by atomic mass is 10.1. The van der Waals surface area contributed by atoms with Crippen LogP contribution in [0.2, 0.25) is 0 Å². The first-order chi connectivity index (χ1) is 7.90. The van der Waals surface area contributed by atoms with E-state index in [2.05, 4.69) is 0 Å². The van der Waals surface area contributed by atoms with E-state index >= 15 is 0 Å². The lowest BCUT2D eigenvalue weighted by Gasteiger charge is -2.13. The van der Waals surface area contributed by atoms with Crippen molar-refractivity contribution in [3.8, 4) is 5.75 Å². The van der Waals surface area contributed by atoms with Crippen molar-refractivity contribution in [3.63, 3.8) is 0 Å². The third-order valence-corrected chi connectivity index (χ3v) is 2.10. The summed E-state index contributed by atoms with van der Waals surface area (Å²) in [7, 11) is 1.53. The monoisotopic (exact) mass is 240 g/mol. The Hall–Kier alpha value is -1.95. The Morgan fingerprint density at radius 2 is 2.06 bits per heavy atom. The molecule has 0 aliphatic rings. The number of phenols is 1. The molecule has 3 N–H and O–H groups in total. The minimum absolute atomic E-state index is 0.0815. The van der Waals surface area contributed by atoms with Crippen LogP contribution >= 0.6 is 0 Å². The molecule has 0 spiro atoms. The number of hydrogen-bond donors (Lipinski definition) is 2. The Labute approximate surface area is 97.6 Å². The van der Waals surface area contributed by atoms with E-state index in [1.165, 1.54) is 11.9 Å². The number of hydrogen-bond acceptors (Lipinski definition) is 4. The van der Waals surface area contributed by atoms with Gasteiger partial charge in [-0.1, -0.05) is 0 Å². The van der Waals surface area contributed by atoms with E-state index in [1.54, 1.807) is 0 Å². The molecule has 1 amide bonds. The molecular formula is C11H13FN2O3. The molecule has 0 radical (unpaired) electrons. The summed E-state index contributed by atoms with van der Waals surface area (Å²) in [5, 5.41) is 9.40. The van der Waals surface area contributed by atoms with Crippen LogP contribution in [0.15, 0.2) is 18.2 Å². The van der Waals surface area contributed by atoms with E-state index in [9.17, 15) is 19.1 Å². The van der Waals surface area contributed by atoms with Crippen LogP contribution in [-0.4, -0.2) is 41.8 Å². The van der Waals surface area contributed by atoms with E-state index in [1.807, 2.05) is 0 Å². The van der Waals surface area contributed by atoms with Crippen molar-refractivity contribution in [1.82, 2.24) is 4.90 Å². The molecule has 0 bridgehead atoms. The average Bonchev–Trinajstić information content (AvgIpc) is 2.20. The summed E-state index contributed by atoms with van der Waals surface area (Å²) in [6, 6.07) is 3.12. The molecule has 0 saturated heterocycles. The first-order valence-electron chi connectivity index (χ1n) is 4.88. The molecule has 0 saturated carbocycles. The predicted molar refractivity (Wildman–Crippen MR) is 59.1 cm³/mol. The topological polar surface area (TPSA) is 83.6 Å². The van der Waals surface area contributed by atoms with Crippen LogP contribution in [0.4, 0.5) is 4.39 Å². The van der Waals surface area contributed by atoms with Gasteiger partial charge in [0.05, 0.1) is 18.7 Å². The molecule has 5 nitrogen and oxygen atoms in total. The van der Waals surface area contributed by atoms with Gasteiger partial charge in [-0.15, -0.1) is 0 Å². The molecule has 0 aliphatic carbocycles. The number of primary amides is 1. The molecular weight excluding hydrogens is 227 g/mol. The summed E-state index contributed by atoms with van der Waals surface area (Å²) in [5.74, 6) is -1.94. The summed E-state index contributed by atoms with van der Waals surface area (Å²) in [6.45, 7) is -0.207. The van der Waals surface area contributed by atoms with Gasteiger partial charge in [-0.05, 0) is 25.2 Å². The largest absolute Gasteiger partial charge is 0.507 e. The van der Waals surface area contributed by atoms with Crippen LogP contribution in [0.3, 0.4) is 0 Å². The van der Waals surface area contributed by atoms with Gasteiger partial charge in [0.1, 0.15) is 11.6 Å². The minimum atomic E-state index is -0.608. The van der Waals surface area contributed by atoms with Gasteiger partial charge in [-0.2, -0.15) is 0 Å². The number of phenolic OH excluding ortho intramolecular Hbond substituents is 1. The Kier molecular flexibility index (Phi) is 4.17. The van der Waals surface area contributed by atoms with Crippen molar-refractivity contribution in [2.75, 3.05) is 20.1 Å². The van der Waals surface area contributed by atoms with Gasteiger partial charge >= 0.3 is 0 Å². The van der Waals surface area contributed by atoms with Crippen LogP contribution in [0.5, 0.6) is 5.75 Å². The number of benzene rings is 1. The van der Waals surface area contributed by atoms with Crippen molar-refractivity contribution in [2.45, 2.75) is 0 Å². The van der Waals surface area contributed by atoms with E-state index in [-0.39, 0.29) is 24.4 Å². The summed E-state index contributed by atoms with van der Waals surface area (Å²) in [5.41, 5.74) is 4.85. The minimum Gasteiger partial charge on any atom is -0.507 e. The number of aromatic hydroxyl groups is 1. The van der Waals surface area contributed by atoms with Gasteiger partial charge < -0.3 is 10.8 Å². The molecule has 6 heteroatoms. The lowest BCUT2D eigenvalue weighted by molar-refractivity contribution is -0.118. The van der Waals surface area contributed by atoms with Crippen LogP contribution in [0.1, 0.15) is 10.4 Å².